The molecule has 1 aromatic carbocycles. The van der Waals surface area contributed by atoms with Crippen molar-refractivity contribution in [2.24, 2.45) is 0 Å². The highest BCUT2D eigenvalue weighted by Gasteiger charge is 2.09. The number of aromatic carboxylic acids is 1. The lowest BCUT2D eigenvalue weighted by Gasteiger charge is -2.13. The van der Waals surface area contributed by atoms with Gasteiger partial charge in [-0.05, 0) is 42.5 Å². The van der Waals surface area contributed by atoms with E-state index < -0.39 is 5.97 Å². The molecule has 1 aromatic rings. The summed E-state index contributed by atoms with van der Waals surface area (Å²) in [4.78, 5) is 10.7. The first-order valence-corrected chi connectivity index (χ1v) is 5.70. The number of carbonyl (C=O) groups is 1. The second-order valence-electron chi connectivity index (χ2n) is 3.88. The molecule has 0 amide bonds. The van der Waals surface area contributed by atoms with Crippen LogP contribution in [0.25, 0.3) is 0 Å². The molecular formula is C14H18O3. The van der Waals surface area contributed by atoms with E-state index >= 15 is 0 Å². The van der Waals surface area contributed by atoms with Crippen LogP contribution in [0.1, 0.15) is 41.6 Å². The van der Waals surface area contributed by atoms with E-state index in [-0.39, 0.29) is 0 Å². The van der Waals surface area contributed by atoms with E-state index in [1.165, 1.54) is 5.56 Å². The zero-order chi connectivity index (χ0) is 12.7. The fraction of sp³-hybridized carbons (Fsp3) is 0.357. The molecule has 1 atom stereocenters. The molecule has 1 N–H and O–H groups in total. The SMILES string of the molecule is CC[C@@H](C/C=C/OC)c1ccc(C(=O)O)cc1. The minimum absolute atomic E-state index is 0.330. The smallest absolute Gasteiger partial charge is 0.335 e. The van der Waals surface area contributed by atoms with Crippen LogP contribution < -0.4 is 0 Å². The molecule has 0 radical (unpaired) electrons. The molecule has 0 saturated carbocycles. The number of methoxy groups -OCH3 is 1. The van der Waals surface area contributed by atoms with Gasteiger partial charge in [-0.25, -0.2) is 4.79 Å². The van der Waals surface area contributed by atoms with Crippen LogP contribution in [0.2, 0.25) is 0 Å². The quantitative estimate of drug-likeness (QED) is 0.767. The summed E-state index contributed by atoms with van der Waals surface area (Å²) in [6, 6.07) is 7.08. The standard InChI is InChI=1S/C14H18O3/c1-3-11(5-4-10-17-2)12-6-8-13(9-7-12)14(15)16/h4,6-11H,3,5H2,1-2H3,(H,15,16)/b10-4+/t11-/m0/s1. The van der Waals surface area contributed by atoms with Crippen molar-refractivity contribution >= 4 is 5.97 Å². The van der Waals surface area contributed by atoms with Gasteiger partial charge in [-0.15, -0.1) is 0 Å². The predicted octanol–water partition coefficient (Wildman–Crippen LogP) is 3.43. The lowest BCUT2D eigenvalue weighted by Crippen LogP contribution is -1.99. The Morgan fingerprint density at radius 1 is 1.41 bits per heavy atom. The van der Waals surface area contributed by atoms with Crippen LogP contribution >= 0.6 is 0 Å². The lowest BCUT2D eigenvalue weighted by molar-refractivity contribution is 0.0697. The van der Waals surface area contributed by atoms with E-state index in [1.807, 2.05) is 18.2 Å². The molecule has 1 rings (SSSR count). The average Bonchev–Trinajstić information content (AvgIpc) is 2.35. The van der Waals surface area contributed by atoms with Crippen molar-refractivity contribution in [2.45, 2.75) is 25.7 Å². The van der Waals surface area contributed by atoms with E-state index in [1.54, 1.807) is 25.5 Å². The number of hydrogen-bond acceptors (Lipinski definition) is 2. The predicted molar refractivity (Wildman–Crippen MR) is 67.2 cm³/mol. The molecule has 92 valence electrons. The molecule has 3 heteroatoms. The maximum atomic E-state index is 10.7. The van der Waals surface area contributed by atoms with E-state index in [4.69, 9.17) is 9.84 Å². The van der Waals surface area contributed by atoms with Crippen LogP contribution in [0.5, 0.6) is 0 Å². The maximum Gasteiger partial charge on any atom is 0.335 e. The summed E-state index contributed by atoms with van der Waals surface area (Å²) < 4.78 is 4.86. The summed E-state index contributed by atoms with van der Waals surface area (Å²) in [5.41, 5.74) is 1.49. The van der Waals surface area contributed by atoms with Crippen molar-refractivity contribution in [1.29, 1.82) is 0 Å². The highest BCUT2D eigenvalue weighted by atomic mass is 16.5. The maximum absolute atomic E-state index is 10.7. The van der Waals surface area contributed by atoms with Gasteiger partial charge in [-0.2, -0.15) is 0 Å². The number of hydrogen-bond donors (Lipinski definition) is 1. The van der Waals surface area contributed by atoms with E-state index in [0.29, 0.717) is 11.5 Å². The van der Waals surface area contributed by atoms with Crippen molar-refractivity contribution in [3.05, 3.63) is 47.7 Å². The minimum Gasteiger partial charge on any atom is -0.505 e. The molecule has 3 nitrogen and oxygen atoms in total. The monoisotopic (exact) mass is 234 g/mol. The zero-order valence-electron chi connectivity index (χ0n) is 10.2. The molecule has 0 aliphatic carbocycles. The van der Waals surface area contributed by atoms with Gasteiger partial charge in [0.1, 0.15) is 0 Å². The highest BCUT2D eigenvalue weighted by Crippen LogP contribution is 2.24. The Balaban J connectivity index is 2.75. The summed E-state index contributed by atoms with van der Waals surface area (Å²) >= 11 is 0. The Morgan fingerprint density at radius 2 is 2.06 bits per heavy atom. The zero-order valence-corrected chi connectivity index (χ0v) is 10.2. The molecule has 0 fully saturated rings. The molecule has 0 aliphatic rings. The topological polar surface area (TPSA) is 46.5 Å². The minimum atomic E-state index is -0.885. The Bertz CT molecular complexity index is 379. The van der Waals surface area contributed by atoms with Crippen LogP contribution in [0.15, 0.2) is 36.6 Å². The molecule has 0 heterocycles. The Kier molecular flexibility index (Phi) is 5.27. The van der Waals surface area contributed by atoms with Gasteiger partial charge in [0, 0.05) is 0 Å². The van der Waals surface area contributed by atoms with E-state index in [0.717, 1.165) is 12.8 Å². The summed E-state index contributed by atoms with van der Waals surface area (Å²) in [6.07, 6.45) is 5.57. The van der Waals surface area contributed by atoms with E-state index in [2.05, 4.69) is 6.92 Å². The summed E-state index contributed by atoms with van der Waals surface area (Å²) in [5, 5.41) is 8.82. The van der Waals surface area contributed by atoms with Crippen LogP contribution in [-0.2, 0) is 4.74 Å². The van der Waals surface area contributed by atoms with Crippen molar-refractivity contribution in [3.63, 3.8) is 0 Å². The third-order valence-electron chi connectivity index (χ3n) is 2.77. The third-order valence-corrected chi connectivity index (χ3v) is 2.77. The molecule has 0 aliphatic heterocycles. The molecular weight excluding hydrogens is 216 g/mol. The first-order chi connectivity index (χ1) is 8.19. The summed E-state index contributed by atoms with van der Waals surface area (Å²) in [5.74, 6) is -0.479. The number of allylic oxidation sites excluding steroid dienone is 1. The van der Waals surface area contributed by atoms with Gasteiger partial charge in [0.15, 0.2) is 0 Å². The Morgan fingerprint density at radius 3 is 2.53 bits per heavy atom. The van der Waals surface area contributed by atoms with Gasteiger partial charge >= 0.3 is 5.97 Å². The van der Waals surface area contributed by atoms with Crippen molar-refractivity contribution < 1.29 is 14.6 Å². The van der Waals surface area contributed by atoms with Gasteiger partial charge in [-0.3, -0.25) is 0 Å². The largest absolute Gasteiger partial charge is 0.505 e. The van der Waals surface area contributed by atoms with E-state index in [9.17, 15) is 4.79 Å². The number of carboxylic acids is 1. The molecule has 0 unspecified atom stereocenters. The molecule has 0 spiro atoms. The normalized spacial score (nSPS) is 12.6. The Hall–Kier alpha value is -1.77. The average molecular weight is 234 g/mol. The van der Waals surface area contributed by atoms with Gasteiger partial charge in [0.2, 0.25) is 0 Å². The van der Waals surface area contributed by atoms with Gasteiger partial charge in [0.05, 0.1) is 18.9 Å². The summed E-state index contributed by atoms with van der Waals surface area (Å²) in [6.45, 7) is 2.12. The number of carboxylic acid groups (broad SMARTS) is 1. The van der Waals surface area contributed by atoms with Gasteiger partial charge < -0.3 is 9.84 Å². The first-order valence-electron chi connectivity index (χ1n) is 5.70. The number of benzene rings is 1. The Labute approximate surface area is 102 Å². The summed E-state index contributed by atoms with van der Waals surface area (Å²) in [7, 11) is 1.62. The number of rotatable bonds is 6. The molecule has 0 bridgehead atoms. The van der Waals surface area contributed by atoms with Crippen LogP contribution in [0.3, 0.4) is 0 Å². The van der Waals surface area contributed by atoms with Gasteiger partial charge in [0.25, 0.3) is 0 Å². The fourth-order valence-electron chi connectivity index (χ4n) is 1.75. The highest BCUT2D eigenvalue weighted by molar-refractivity contribution is 5.87. The van der Waals surface area contributed by atoms with Crippen molar-refractivity contribution in [3.8, 4) is 0 Å². The van der Waals surface area contributed by atoms with Gasteiger partial charge in [-0.1, -0.05) is 19.1 Å². The second kappa shape index (κ2) is 6.74. The van der Waals surface area contributed by atoms with Crippen LogP contribution in [-0.4, -0.2) is 18.2 Å². The van der Waals surface area contributed by atoms with Crippen molar-refractivity contribution in [1.82, 2.24) is 0 Å². The second-order valence-corrected chi connectivity index (χ2v) is 3.88. The molecule has 17 heavy (non-hydrogen) atoms. The number of ether oxygens (including phenoxy) is 1. The molecule has 0 aromatic heterocycles. The third kappa shape index (κ3) is 3.94. The van der Waals surface area contributed by atoms with Crippen molar-refractivity contribution in [2.75, 3.05) is 7.11 Å². The molecule has 0 saturated heterocycles. The fourth-order valence-corrected chi connectivity index (χ4v) is 1.75. The first kappa shape index (κ1) is 13.3. The lowest BCUT2D eigenvalue weighted by atomic mass is 9.92. The van der Waals surface area contributed by atoms with Crippen LogP contribution in [0, 0.1) is 0 Å². The van der Waals surface area contributed by atoms with Crippen LogP contribution in [0.4, 0.5) is 0 Å².